The smallest absolute Gasteiger partial charge is 0.144 e. The summed E-state index contributed by atoms with van der Waals surface area (Å²) in [4.78, 5) is 3.98. The predicted molar refractivity (Wildman–Crippen MR) is 61.6 cm³/mol. The zero-order chi connectivity index (χ0) is 11.8. The first-order chi connectivity index (χ1) is 7.77. The van der Waals surface area contributed by atoms with Crippen molar-refractivity contribution in [1.29, 1.82) is 5.26 Å². The van der Waals surface area contributed by atoms with Crippen molar-refractivity contribution in [2.45, 2.75) is 32.4 Å². The van der Waals surface area contributed by atoms with Gasteiger partial charge in [-0.1, -0.05) is 13.0 Å². The van der Waals surface area contributed by atoms with Crippen molar-refractivity contribution in [3.8, 4) is 6.07 Å². The molecular formula is C12H17N3O. The van der Waals surface area contributed by atoms with Crippen LogP contribution in [0.3, 0.4) is 0 Å². The first-order valence-corrected chi connectivity index (χ1v) is 5.50. The van der Waals surface area contributed by atoms with Crippen LogP contribution in [0.4, 0.5) is 0 Å². The van der Waals surface area contributed by atoms with E-state index in [1.165, 1.54) is 0 Å². The van der Waals surface area contributed by atoms with E-state index in [1.807, 2.05) is 19.1 Å². The van der Waals surface area contributed by atoms with Crippen LogP contribution in [0.5, 0.6) is 0 Å². The molecule has 0 saturated carbocycles. The molecule has 1 rings (SSSR count). The lowest BCUT2D eigenvalue weighted by Gasteiger charge is -2.09. The summed E-state index contributed by atoms with van der Waals surface area (Å²) in [6, 6.07) is 5.76. The average molecular weight is 219 g/mol. The summed E-state index contributed by atoms with van der Waals surface area (Å²) in [6.45, 7) is 3.32. The van der Waals surface area contributed by atoms with Gasteiger partial charge in [-0.2, -0.15) is 5.26 Å². The molecule has 0 aromatic carbocycles. The SMILES string of the molecule is CCC(O)CCNCc1cccnc1C#N. The Morgan fingerprint density at radius 2 is 2.44 bits per heavy atom. The highest BCUT2D eigenvalue weighted by molar-refractivity contribution is 5.30. The molecule has 1 atom stereocenters. The first kappa shape index (κ1) is 12.6. The van der Waals surface area contributed by atoms with E-state index >= 15 is 0 Å². The molecule has 1 aromatic heterocycles. The van der Waals surface area contributed by atoms with Crippen LogP contribution < -0.4 is 5.32 Å². The van der Waals surface area contributed by atoms with Crippen molar-refractivity contribution < 1.29 is 5.11 Å². The van der Waals surface area contributed by atoms with Gasteiger partial charge in [0.2, 0.25) is 0 Å². The Bertz CT molecular complexity index is 360. The van der Waals surface area contributed by atoms with Crippen LogP contribution in [0.1, 0.15) is 31.0 Å². The summed E-state index contributed by atoms with van der Waals surface area (Å²) < 4.78 is 0. The Kier molecular flexibility index (Phi) is 5.48. The van der Waals surface area contributed by atoms with Crippen molar-refractivity contribution in [2.24, 2.45) is 0 Å². The van der Waals surface area contributed by atoms with Crippen LogP contribution in [0, 0.1) is 11.3 Å². The lowest BCUT2D eigenvalue weighted by molar-refractivity contribution is 0.159. The van der Waals surface area contributed by atoms with E-state index in [-0.39, 0.29) is 6.10 Å². The Morgan fingerprint density at radius 1 is 1.62 bits per heavy atom. The number of nitrogens with zero attached hydrogens (tertiary/aromatic N) is 2. The molecule has 4 nitrogen and oxygen atoms in total. The number of aliphatic hydroxyl groups is 1. The highest BCUT2D eigenvalue weighted by Gasteiger charge is 2.02. The highest BCUT2D eigenvalue weighted by Crippen LogP contribution is 2.03. The number of hydrogen-bond acceptors (Lipinski definition) is 4. The van der Waals surface area contributed by atoms with E-state index in [1.54, 1.807) is 6.20 Å². The summed E-state index contributed by atoms with van der Waals surface area (Å²) in [6.07, 6.45) is 2.89. The topological polar surface area (TPSA) is 68.9 Å². The summed E-state index contributed by atoms with van der Waals surface area (Å²) in [5, 5.41) is 21.4. The normalized spacial score (nSPS) is 12.1. The maximum atomic E-state index is 9.35. The second kappa shape index (κ2) is 6.94. The minimum Gasteiger partial charge on any atom is -0.393 e. The Hall–Kier alpha value is -1.44. The zero-order valence-corrected chi connectivity index (χ0v) is 9.48. The molecule has 0 aliphatic carbocycles. The van der Waals surface area contributed by atoms with Gasteiger partial charge < -0.3 is 10.4 Å². The van der Waals surface area contributed by atoms with Gasteiger partial charge in [0.25, 0.3) is 0 Å². The average Bonchev–Trinajstić information content (AvgIpc) is 2.34. The molecule has 4 heteroatoms. The number of rotatable bonds is 6. The summed E-state index contributed by atoms with van der Waals surface area (Å²) in [7, 11) is 0. The molecule has 0 aliphatic heterocycles. The minimum absolute atomic E-state index is 0.239. The fraction of sp³-hybridized carbons (Fsp3) is 0.500. The second-order valence-electron chi connectivity index (χ2n) is 3.65. The monoisotopic (exact) mass is 219 g/mol. The molecule has 1 heterocycles. The molecule has 0 fully saturated rings. The molecule has 86 valence electrons. The molecule has 0 radical (unpaired) electrons. The van der Waals surface area contributed by atoms with E-state index < -0.39 is 0 Å². The van der Waals surface area contributed by atoms with Gasteiger partial charge >= 0.3 is 0 Å². The van der Waals surface area contributed by atoms with Gasteiger partial charge in [-0.15, -0.1) is 0 Å². The number of aliphatic hydroxyl groups excluding tert-OH is 1. The lowest BCUT2D eigenvalue weighted by Crippen LogP contribution is -2.20. The van der Waals surface area contributed by atoms with E-state index in [4.69, 9.17) is 5.26 Å². The number of aromatic nitrogens is 1. The van der Waals surface area contributed by atoms with E-state index in [0.29, 0.717) is 12.2 Å². The fourth-order valence-corrected chi connectivity index (χ4v) is 1.38. The molecule has 0 amide bonds. The van der Waals surface area contributed by atoms with Crippen molar-refractivity contribution in [3.63, 3.8) is 0 Å². The quantitative estimate of drug-likeness (QED) is 0.705. The Balaban J connectivity index is 2.35. The van der Waals surface area contributed by atoms with Crippen LogP contribution in [-0.2, 0) is 6.54 Å². The van der Waals surface area contributed by atoms with Crippen molar-refractivity contribution in [2.75, 3.05) is 6.54 Å². The predicted octanol–water partition coefficient (Wildman–Crippen LogP) is 1.20. The van der Waals surface area contributed by atoms with Crippen LogP contribution in [-0.4, -0.2) is 22.7 Å². The van der Waals surface area contributed by atoms with Crippen LogP contribution in [0.25, 0.3) is 0 Å². The largest absolute Gasteiger partial charge is 0.393 e. The Labute approximate surface area is 95.9 Å². The Morgan fingerprint density at radius 3 is 3.12 bits per heavy atom. The molecule has 1 unspecified atom stereocenters. The van der Waals surface area contributed by atoms with Gasteiger partial charge in [0, 0.05) is 18.3 Å². The van der Waals surface area contributed by atoms with Gasteiger partial charge in [-0.25, -0.2) is 4.98 Å². The molecule has 0 bridgehead atoms. The third-order valence-corrected chi connectivity index (χ3v) is 2.44. The molecule has 0 spiro atoms. The highest BCUT2D eigenvalue weighted by atomic mass is 16.3. The number of hydrogen-bond donors (Lipinski definition) is 2. The first-order valence-electron chi connectivity index (χ1n) is 5.50. The van der Waals surface area contributed by atoms with Gasteiger partial charge in [0.15, 0.2) is 0 Å². The van der Waals surface area contributed by atoms with Crippen LogP contribution >= 0.6 is 0 Å². The second-order valence-corrected chi connectivity index (χ2v) is 3.65. The van der Waals surface area contributed by atoms with Gasteiger partial charge in [-0.05, 0) is 25.5 Å². The molecule has 16 heavy (non-hydrogen) atoms. The number of pyridine rings is 1. The lowest BCUT2D eigenvalue weighted by atomic mass is 10.2. The summed E-state index contributed by atoms with van der Waals surface area (Å²) >= 11 is 0. The van der Waals surface area contributed by atoms with Gasteiger partial charge in [0.05, 0.1) is 6.10 Å². The van der Waals surface area contributed by atoms with Crippen molar-refractivity contribution in [1.82, 2.24) is 10.3 Å². The molecule has 2 N–H and O–H groups in total. The molecule has 1 aromatic rings. The summed E-state index contributed by atoms with van der Waals surface area (Å²) in [5.41, 5.74) is 1.36. The van der Waals surface area contributed by atoms with E-state index in [9.17, 15) is 5.11 Å². The van der Waals surface area contributed by atoms with Crippen molar-refractivity contribution >= 4 is 0 Å². The fourth-order valence-electron chi connectivity index (χ4n) is 1.38. The number of nitriles is 1. The minimum atomic E-state index is -0.239. The maximum Gasteiger partial charge on any atom is 0.144 e. The maximum absolute atomic E-state index is 9.35. The van der Waals surface area contributed by atoms with Crippen LogP contribution in [0.15, 0.2) is 18.3 Å². The van der Waals surface area contributed by atoms with Gasteiger partial charge in [0.1, 0.15) is 11.8 Å². The van der Waals surface area contributed by atoms with Gasteiger partial charge in [-0.3, -0.25) is 0 Å². The number of nitrogens with one attached hydrogen (secondary N) is 1. The molecule has 0 saturated heterocycles. The molecular weight excluding hydrogens is 202 g/mol. The third kappa shape index (κ3) is 3.97. The summed E-state index contributed by atoms with van der Waals surface area (Å²) in [5.74, 6) is 0. The van der Waals surface area contributed by atoms with Crippen LogP contribution in [0.2, 0.25) is 0 Å². The van der Waals surface area contributed by atoms with E-state index in [2.05, 4.69) is 16.4 Å². The van der Waals surface area contributed by atoms with Crippen molar-refractivity contribution in [3.05, 3.63) is 29.6 Å². The molecule has 0 aliphatic rings. The van der Waals surface area contributed by atoms with E-state index in [0.717, 1.165) is 24.9 Å². The standard InChI is InChI=1S/C12H17N3O/c1-2-11(16)5-7-14-9-10-4-3-6-15-12(10)8-13/h3-4,6,11,14,16H,2,5,7,9H2,1H3. The third-order valence-electron chi connectivity index (χ3n) is 2.44. The zero-order valence-electron chi connectivity index (χ0n) is 9.48.